The topological polar surface area (TPSA) is 134 Å². The van der Waals surface area contributed by atoms with Crippen LogP contribution in [-0.2, 0) is 16.4 Å². The van der Waals surface area contributed by atoms with Gasteiger partial charge in [0.05, 0.1) is 27.8 Å². The summed E-state index contributed by atoms with van der Waals surface area (Å²) in [5.41, 5.74) is 4.66. The number of halogens is 1. The van der Waals surface area contributed by atoms with Crippen LogP contribution >= 0.6 is 0 Å². The number of hydrogen-bond acceptors (Lipinski definition) is 6. The van der Waals surface area contributed by atoms with Gasteiger partial charge in [-0.25, -0.2) is 17.5 Å². The summed E-state index contributed by atoms with van der Waals surface area (Å²) in [5, 5.41) is 12.6. The largest absolute Gasteiger partial charge is 0.387 e. The van der Waals surface area contributed by atoms with Crippen LogP contribution in [0.2, 0.25) is 0 Å². The van der Waals surface area contributed by atoms with E-state index in [2.05, 4.69) is 15.0 Å². The molecule has 1 atom stereocenters. The standard InChI is InChI=1S/C18H29FN4O4S/c1-18(2,25)15(19)10-14-16(17(20)24)13(8-9-22-14)23-11-4-6-12(7-5-11)28(26,27)21-3/h8-9,11-12,15,21,25H,4-7,10H2,1-3H3,(H2,20,24)(H,22,23)/t11?,12?,15-/m1/s1. The van der Waals surface area contributed by atoms with E-state index in [-0.39, 0.29) is 23.7 Å². The Morgan fingerprint density at radius 3 is 2.50 bits per heavy atom. The number of aliphatic hydroxyl groups is 1. The first-order chi connectivity index (χ1) is 13.0. The van der Waals surface area contributed by atoms with E-state index < -0.39 is 33.0 Å². The summed E-state index contributed by atoms with van der Waals surface area (Å²) in [6.07, 6.45) is 1.80. The van der Waals surface area contributed by atoms with E-state index in [1.54, 1.807) is 6.07 Å². The highest BCUT2D eigenvalue weighted by Crippen LogP contribution is 2.29. The lowest BCUT2D eigenvalue weighted by atomic mass is 9.93. The molecule has 0 bridgehead atoms. The molecule has 0 spiro atoms. The predicted octanol–water partition coefficient (Wildman–Crippen LogP) is 1.10. The number of nitrogens with one attached hydrogen (secondary N) is 2. The lowest BCUT2D eigenvalue weighted by molar-refractivity contribution is -0.00307. The van der Waals surface area contributed by atoms with E-state index in [0.717, 1.165) is 0 Å². The zero-order valence-corrected chi connectivity index (χ0v) is 17.2. The van der Waals surface area contributed by atoms with Gasteiger partial charge in [-0.1, -0.05) is 0 Å². The first-order valence-electron chi connectivity index (χ1n) is 9.28. The molecule has 1 fully saturated rings. The van der Waals surface area contributed by atoms with Crippen LogP contribution in [0.25, 0.3) is 0 Å². The molecule has 1 saturated carbocycles. The van der Waals surface area contributed by atoms with E-state index in [1.807, 2.05) is 0 Å². The van der Waals surface area contributed by atoms with Crippen LogP contribution in [0.1, 0.15) is 55.6 Å². The molecule has 1 aliphatic carbocycles. The molecule has 1 aliphatic rings. The van der Waals surface area contributed by atoms with Gasteiger partial charge in [0.1, 0.15) is 6.17 Å². The summed E-state index contributed by atoms with van der Waals surface area (Å²) in [4.78, 5) is 16.1. The fourth-order valence-corrected chi connectivity index (χ4v) is 4.60. The van der Waals surface area contributed by atoms with Gasteiger partial charge in [-0.05, 0) is 52.6 Å². The van der Waals surface area contributed by atoms with Crippen molar-refractivity contribution in [3.63, 3.8) is 0 Å². The van der Waals surface area contributed by atoms with Crippen molar-refractivity contribution in [1.29, 1.82) is 0 Å². The lowest BCUT2D eigenvalue weighted by Crippen LogP contribution is -2.38. The van der Waals surface area contributed by atoms with Gasteiger partial charge in [0.15, 0.2) is 0 Å². The third-order valence-corrected chi connectivity index (χ3v) is 7.09. The number of nitrogens with two attached hydrogens (primary N) is 1. The van der Waals surface area contributed by atoms with E-state index in [1.165, 1.54) is 27.1 Å². The van der Waals surface area contributed by atoms with Crippen molar-refractivity contribution in [2.45, 2.75) is 69.0 Å². The Morgan fingerprint density at radius 1 is 1.39 bits per heavy atom. The highest BCUT2D eigenvalue weighted by Gasteiger charge is 2.32. The van der Waals surface area contributed by atoms with Gasteiger partial charge in [0, 0.05) is 18.7 Å². The fraction of sp³-hybridized carbons (Fsp3) is 0.667. The number of aromatic nitrogens is 1. The van der Waals surface area contributed by atoms with Crippen LogP contribution in [0, 0.1) is 0 Å². The van der Waals surface area contributed by atoms with Crippen LogP contribution in [0.4, 0.5) is 10.1 Å². The summed E-state index contributed by atoms with van der Waals surface area (Å²) in [5.74, 6) is -0.736. The molecule has 8 nitrogen and oxygen atoms in total. The highest BCUT2D eigenvalue weighted by molar-refractivity contribution is 7.90. The van der Waals surface area contributed by atoms with Gasteiger partial charge >= 0.3 is 0 Å². The number of amides is 1. The van der Waals surface area contributed by atoms with Gasteiger partial charge < -0.3 is 16.2 Å². The van der Waals surface area contributed by atoms with Crippen LogP contribution < -0.4 is 15.8 Å². The quantitative estimate of drug-likeness (QED) is 0.501. The summed E-state index contributed by atoms with van der Waals surface area (Å²) in [6.45, 7) is 2.70. The molecule has 0 aromatic carbocycles. The minimum Gasteiger partial charge on any atom is -0.387 e. The highest BCUT2D eigenvalue weighted by atomic mass is 32.2. The molecule has 0 saturated heterocycles. The van der Waals surface area contributed by atoms with E-state index in [9.17, 15) is 22.7 Å². The minimum absolute atomic E-state index is 0.0351. The number of anilines is 1. The number of carbonyl (C=O) groups excluding carboxylic acids is 1. The van der Waals surface area contributed by atoms with Gasteiger partial charge in [-0.15, -0.1) is 0 Å². The van der Waals surface area contributed by atoms with Crippen molar-refractivity contribution in [3.05, 3.63) is 23.5 Å². The third kappa shape index (κ3) is 5.39. The van der Waals surface area contributed by atoms with Gasteiger partial charge in [-0.2, -0.15) is 0 Å². The Balaban J connectivity index is 2.16. The zero-order valence-electron chi connectivity index (χ0n) is 16.4. The Bertz CT molecular complexity index is 802. The Kier molecular flexibility index (Phi) is 7.00. The number of pyridine rings is 1. The monoisotopic (exact) mass is 416 g/mol. The maximum atomic E-state index is 14.3. The van der Waals surface area contributed by atoms with E-state index in [4.69, 9.17) is 5.73 Å². The predicted molar refractivity (Wildman–Crippen MR) is 105 cm³/mol. The van der Waals surface area contributed by atoms with Crippen molar-refractivity contribution in [1.82, 2.24) is 9.71 Å². The molecule has 0 aliphatic heterocycles. The average Bonchev–Trinajstić information content (AvgIpc) is 2.61. The number of nitrogens with zero attached hydrogens (tertiary/aromatic N) is 1. The molecule has 1 aromatic heterocycles. The minimum atomic E-state index is -3.30. The first kappa shape index (κ1) is 22.5. The average molecular weight is 417 g/mol. The van der Waals surface area contributed by atoms with Gasteiger partial charge in [0.2, 0.25) is 10.0 Å². The molecular formula is C18H29FN4O4S. The van der Waals surface area contributed by atoms with Crippen LogP contribution in [0.15, 0.2) is 12.3 Å². The second-order valence-electron chi connectivity index (χ2n) is 7.74. The van der Waals surface area contributed by atoms with Crippen molar-refractivity contribution < 1.29 is 22.7 Å². The second-order valence-corrected chi connectivity index (χ2v) is 9.90. The smallest absolute Gasteiger partial charge is 0.252 e. The lowest BCUT2D eigenvalue weighted by Gasteiger charge is -2.30. The van der Waals surface area contributed by atoms with Crippen molar-refractivity contribution in [2.75, 3.05) is 12.4 Å². The van der Waals surface area contributed by atoms with E-state index >= 15 is 0 Å². The molecule has 1 amide bonds. The molecule has 5 N–H and O–H groups in total. The van der Waals surface area contributed by atoms with Gasteiger partial charge in [0.25, 0.3) is 5.91 Å². The molecule has 28 heavy (non-hydrogen) atoms. The van der Waals surface area contributed by atoms with Crippen molar-refractivity contribution >= 4 is 21.6 Å². The molecule has 2 rings (SSSR count). The molecular weight excluding hydrogens is 387 g/mol. The van der Waals surface area contributed by atoms with Crippen LogP contribution in [0.5, 0.6) is 0 Å². The number of carbonyl (C=O) groups is 1. The summed E-state index contributed by atoms with van der Waals surface area (Å²) >= 11 is 0. The number of alkyl halides is 1. The fourth-order valence-electron chi connectivity index (χ4n) is 3.38. The molecule has 0 radical (unpaired) electrons. The van der Waals surface area contributed by atoms with Crippen molar-refractivity contribution in [3.8, 4) is 0 Å². The number of primary amides is 1. The molecule has 10 heteroatoms. The Morgan fingerprint density at radius 2 is 2.00 bits per heavy atom. The number of hydrogen-bond donors (Lipinski definition) is 4. The zero-order chi connectivity index (χ0) is 21.1. The SMILES string of the molecule is CNS(=O)(=O)C1CCC(Nc2ccnc(C[C@@H](F)C(C)(C)O)c2C(N)=O)CC1. The van der Waals surface area contributed by atoms with Crippen LogP contribution in [0.3, 0.4) is 0 Å². The second kappa shape index (κ2) is 8.71. The summed E-state index contributed by atoms with van der Waals surface area (Å²) in [6, 6.07) is 1.56. The third-order valence-electron chi connectivity index (χ3n) is 5.17. The normalized spacial score (nSPS) is 21.9. The Labute approximate surface area is 165 Å². The maximum absolute atomic E-state index is 14.3. The molecule has 0 unspecified atom stereocenters. The molecule has 1 aromatic rings. The first-order valence-corrected chi connectivity index (χ1v) is 10.8. The Hall–Kier alpha value is -1.78. The summed E-state index contributed by atoms with van der Waals surface area (Å²) < 4.78 is 40.5. The van der Waals surface area contributed by atoms with Crippen molar-refractivity contribution in [2.24, 2.45) is 5.73 Å². The number of sulfonamides is 1. The number of rotatable bonds is 8. The van der Waals surface area contributed by atoms with Gasteiger partial charge in [-0.3, -0.25) is 9.78 Å². The molecule has 158 valence electrons. The maximum Gasteiger partial charge on any atom is 0.252 e. The molecule has 1 heterocycles. The van der Waals surface area contributed by atoms with E-state index in [0.29, 0.717) is 31.4 Å². The summed E-state index contributed by atoms with van der Waals surface area (Å²) in [7, 11) is -1.89. The van der Waals surface area contributed by atoms with Crippen LogP contribution in [-0.4, -0.2) is 54.5 Å².